The van der Waals surface area contributed by atoms with Crippen molar-refractivity contribution >= 4 is 11.6 Å². The summed E-state index contributed by atoms with van der Waals surface area (Å²) in [4.78, 5) is 0. The molecule has 1 heteroatoms. The number of rotatable bonds is 4. The van der Waals surface area contributed by atoms with Gasteiger partial charge in [-0.3, -0.25) is 0 Å². The van der Waals surface area contributed by atoms with Crippen molar-refractivity contribution in [2.75, 3.05) is 5.88 Å². The van der Waals surface area contributed by atoms with Crippen LogP contribution in [0.2, 0.25) is 0 Å². The lowest BCUT2D eigenvalue weighted by molar-refractivity contribution is 0.232. The minimum atomic E-state index is 0.724. The zero-order valence-electron chi connectivity index (χ0n) is 9.06. The van der Waals surface area contributed by atoms with Gasteiger partial charge in [0.15, 0.2) is 0 Å². The predicted molar refractivity (Wildman–Crippen MR) is 60.2 cm³/mol. The Hall–Kier alpha value is 0.290. The van der Waals surface area contributed by atoms with Crippen LogP contribution in [0.15, 0.2) is 0 Å². The molecule has 0 amide bonds. The highest BCUT2D eigenvalue weighted by atomic mass is 35.5. The maximum atomic E-state index is 5.84. The van der Waals surface area contributed by atoms with Gasteiger partial charge in [-0.1, -0.05) is 39.5 Å². The average Bonchev–Trinajstić information content (AvgIpc) is 2.18. The van der Waals surface area contributed by atoms with Gasteiger partial charge in [-0.2, -0.15) is 0 Å². The fraction of sp³-hybridized carbons (Fsp3) is 1.00. The van der Waals surface area contributed by atoms with Gasteiger partial charge in [0.25, 0.3) is 0 Å². The van der Waals surface area contributed by atoms with Crippen LogP contribution in [0.4, 0.5) is 0 Å². The molecule has 1 aliphatic rings. The van der Waals surface area contributed by atoms with Crippen LogP contribution >= 0.6 is 11.6 Å². The quantitative estimate of drug-likeness (QED) is 0.591. The van der Waals surface area contributed by atoms with Gasteiger partial charge in [-0.15, -0.1) is 11.6 Å². The molecule has 0 aliphatic heterocycles. The van der Waals surface area contributed by atoms with E-state index in [1.54, 1.807) is 0 Å². The first kappa shape index (κ1) is 11.4. The predicted octanol–water partition coefficient (Wildman–Crippen LogP) is 4.47. The molecule has 0 aromatic rings. The second kappa shape index (κ2) is 5.90. The zero-order valence-corrected chi connectivity index (χ0v) is 9.82. The Morgan fingerprint density at radius 1 is 1.31 bits per heavy atom. The Morgan fingerprint density at radius 2 is 2.00 bits per heavy atom. The fourth-order valence-corrected chi connectivity index (χ4v) is 2.75. The van der Waals surface area contributed by atoms with Crippen molar-refractivity contribution in [3.8, 4) is 0 Å². The third kappa shape index (κ3) is 3.89. The number of hydrogen-bond acceptors (Lipinski definition) is 0. The van der Waals surface area contributed by atoms with E-state index in [0.29, 0.717) is 0 Å². The summed E-state index contributed by atoms with van der Waals surface area (Å²) >= 11 is 5.84. The summed E-state index contributed by atoms with van der Waals surface area (Å²) in [5.41, 5.74) is 0. The minimum absolute atomic E-state index is 0.724. The number of halogens is 1. The van der Waals surface area contributed by atoms with E-state index >= 15 is 0 Å². The summed E-state index contributed by atoms with van der Waals surface area (Å²) < 4.78 is 0. The van der Waals surface area contributed by atoms with Gasteiger partial charge in [0.05, 0.1) is 0 Å². The van der Waals surface area contributed by atoms with Crippen molar-refractivity contribution in [1.82, 2.24) is 0 Å². The van der Waals surface area contributed by atoms with Gasteiger partial charge in [0.2, 0.25) is 0 Å². The molecule has 0 N–H and O–H groups in total. The van der Waals surface area contributed by atoms with Crippen LogP contribution in [0.1, 0.15) is 52.4 Å². The summed E-state index contributed by atoms with van der Waals surface area (Å²) in [6, 6.07) is 0. The van der Waals surface area contributed by atoms with Crippen LogP contribution in [-0.4, -0.2) is 5.88 Å². The van der Waals surface area contributed by atoms with Crippen LogP contribution < -0.4 is 0 Å². The van der Waals surface area contributed by atoms with Crippen LogP contribution in [-0.2, 0) is 0 Å². The SMILES string of the molecule is CCC1CCCC(CC(C)CCl)C1. The van der Waals surface area contributed by atoms with Crippen molar-refractivity contribution in [2.45, 2.75) is 52.4 Å². The van der Waals surface area contributed by atoms with Gasteiger partial charge in [-0.05, 0) is 30.6 Å². The molecule has 78 valence electrons. The van der Waals surface area contributed by atoms with E-state index in [-0.39, 0.29) is 0 Å². The zero-order chi connectivity index (χ0) is 9.68. The number of alkyl halides is 1. The second-order valence-corrected chi connectivity index (χ2v) is 5.11. The normalized spacial score (nSPS) is 31.6. The molecule has 0 aromatic heterocycles. The third-order valence-electron chi connectivity index (χ3n) is 3.47. The largest absolute Gasteiger partial charge is 0.126 e. The minimum Gasteiger partial charge on any atom is -0.126 e. The van der Waals surface area contributed by atoms with Crippen LogP contribution in [0, 0.1) is 17.8 Å². The summed E-state index contributed by atoms with van der Waals surface area (Å²) in [7, 11) is 0. The third-order valence-corrected chi connectivity index (χ3v) is 3.99. The first-order valence-corrected chi connectivity index (χ1v) is 6.35. The lowest BCUT2D eigenvalue weighted by atomic mass is 9.77. The molecule has 13 heavy (non-hydrogen) atoms. The maximum absolute atomic E-state index is 5.84. The van der Waals surface area contributed by atoms with E-state index in [9.17, 15) is 0 Å². The van der Waals surface area contributed by atoms with Gasteiger partial charge in [0, 0.05) is 5.88 Å². The summed E-state index contributed by atoms with van der Waals surface area (Å²) in [5, 5.41) is 0. The van der Waals surface area contributed by atoms with E-state index in [1.165, 1.54) is 38.5 Å². The molecule has 0 nitrogen and oxygen atoms in total. The average molecular weight is 203 g/mol. The molecular weight excluding hydrogens is 180 g/mol. The summed E-state index contributed by atoms with van der Waals surface area (Å²) in [6.45, 7) is 4.61. The molecule has 0 radical (unpaired) electrons. The molecule has 0 spiro atoms. The van der Waals surface area contributed by atoms with E-state index in [0.717, 1.165) is 23.6 Å². The molecule has 0 saturated heterocycles. The van der Waals surface area contributed by atoms with Crippen molar-refractivity contribution in [3.05, 3.63) is 0 Å². The monoisotopic (exact) mass is 202 g/mol. The molecule has 1 aliphatic carbocycles. The van der Waals surface area contributed by atoms with Crippen molar-refractivity contribution in [1.29, 1.82) is 0 Å². The van der Waals surface area contributed by atoms with E-state index < -0.39 is 0 Å². The molecule has 1 rings (SSSR count). The Bertz CT molecular complexity index is 131. The first-order chi connectivity index (χ1) is 6.26. The molecule has 1 fully saturated rings. The molecular formula is C12H23Cl. The van der Waals surface area contributed by atoms with Crippen molar-refractivity contribution in [2.24, 2.45) is 17.8 Å². The highest BCUT2D eigenvalue weighted by Crippen LogP contribution is 2.34. The van der Waals surface area contributed by atoms with Crippen LogP contribution in [0.5, 0.6) is 0 Å². The summed E-state index contributed by atoms with van der Waals surface area (Å²) in [6.07, 6.45) is 8.60. The topological polar surface area (TPSA) is 0 Å². The molecule has 3 unspecified atom stereocenters. The Morgan fingerprint density at radius 3 is 2.62 bits per heavy atom. The molecule has 0 bridgehead atoms. The summed E-state index contributed by atoms with van der Waals surface area (Å²) in [5.74, 6) is 3.56. The Labute approximate surface area is 88.1 Å². The van der Waals surface area contributed by atoms with Gasteiger partial charge < -0.3 is 0 Å². The van der Waals surface area contributed by atoms with Crippen LogP contribution in [0.25, 0.3) is 0 Å². The lowest BCUT2D eigenvalue weighted by Crippen LogP contribution is -2.17. The standard InChI is InChI=1S/C12H23Cl/c1-3-11-5-4-6-12(8-11)7-10(2)9-13/h10-12H,3-9H2,1-2H3. The van der Waals surface area contributed by atoms with Gasteiger partial charge in [0.1, 0.15) is 0 Å². The van der Waals surface area contributed by atoms with Crippen LogP contribution in [0.3, 0.4) is 0 Å². The first-order valence-electron chi connectivity index (χ1n) is 5.82. The highest BCUT2D eigenvalue weighted by Gasteiger charge is 2.21. The molecule has 3 atom stereocenters. The van der Waals surface area contributed by atoms with Crippen molar-refractivity contribution in [3.63, 3.8) is 0 Å². The van der Waals surface area contributed by atoms with Gasteiger partial charge in [-0.25, -0.2) is 0 Å². The smallest absolute Gasteiger partial charge is 0.0249 e. The molecule has 0 heterocycles. The number of hydrogen-bond donors (Lipinski definition) is 0. The second-order valence-electron chi connectivity index (χ2n) is 4.80. The van der Waals surface area contributed by atoms with Crippen molar-refractivity contribution < 1.29 is 0 Å². The highest BCUT2D eigenvalue weighted by molar-refractivity contribution is 6.18. The maximum Gasteiger partial charge on any atom is 0.0249 e. The van der Waals surface area contributed by atoms with Gasteiger partial charge >= 0.3 is 0 Å². The lowest BCUT2D eigenvalue weighted by Gasteiger charge is -2.29. The fourth-order valence-electron chi connectivity index (χ4n) is 2.62. The molecule has 1 saturated carbocycles. The molecule has 0 aromatic carbocycles. The Kier molecular flexibility index (Phi) is 5.16. The van der Waals surface area contributed by atoms with E-state index in [2.05, 4.69) is 13.8 Å². The van der Waals surface area contributed by atoms with E-state index in [4.69, 9.17) is 11.6 Å². The van der Waals surface area contributed by atoms with E-state index in [1.807, 2.05) is 0 Å². The Balaban J connectivity index is 2.25.